The van der Waals surface area contributed by atoms with Crippen molar-refractivity contribution in [3.63, 3.8) is 0 Å². The standard InChI is InChI=1S/C18H18N2O4S/c1-20-16-11-13(9-10-17(16)24-18(20)21)25(22,23)19-15-8-4-6-12-5-2-3-7-14(12)15/h4,6,8-11,19H,2-3,5,7H2,1H3. The molecule has 0 saturated heterocycles. The van der Waals surface area contributed by atoms with Gasteiger partial charge in [-0.15, -0.1) is 0 Å². The van der Waals surface area contributed by atoms with Crippen molar-refractivity contribution in [1.29, 1.82) is 0 Å². The maximum atomic E-state index is 12.8. The number of hydrogen-bond acceptors (Lipinski definition) is 4. The van der Waals surface area contributed by atoms with Gasteiger partial charge in [0.05, 0.1) is 16.1 Å². The maximum absolute atomic E-state index is 12.8. The second-order valence-corrected chi connectivity index (χ2v) is 7.99. The summed E-state index contributed by atoms with van der Waals surface area (Å²) in [6.45, 7) is 0. The van der Waals surface area contributed by atoms with Gasteiger partial charge in [0.25, 0.3) is 10.0 Å². The van der Waals surface area contributed by atoms with Crippen LogP contribution in [0.25, 0.3) is 11.1 Å². The Morgan fingerprint density at radius 3 is 2.76 bits per heavy atom. The van der Waals surface area contributed by atoms with Crippen LogP contribution in [-0.2, 0) is 29.9 Å². The molecular formula is C18H18N2O4S. The van der Waals surface area contributed by atoms with Crippen molar-refractivity contribution < 1.29 is 12.8 Å². The Kier molecular flexibility index (Phi) is 3.68. The van der Waals surface area contributed by atoms with Crippen LogP contribution in [0.5, 0.6) is 0 Å². The van der Waals surface area contributed by atoms with Gasteiger partial charge in [-0.05, 0) is 61.1 Å². The van der Waals surface area contributed by atoms with Crippen LogP contribution in [0.4, 0.5) is 5.69 Å². The van der Waals surface area contributed by atoms with E-state index >= 15 is 0 Å². The van der Waals surface area contributed by atoms with E-state index in [1.807, 2.05) is 6.07 Å². The molecule has 1 aromatic heterocycles. The van der Waals surface area contributed by atoms with E-state index in [-0.39, 0.29) is 4.90 Å². The van der Waals surface area contributed by atoms with Gasteiger partial charge in [-0.1, -0.05) is 12.1 Å². The second-order valence-electron chi connectivity index (χ2n) is 6.31. The molecule has 0 fully saturated rings. The smallest absolute Gasteiger partial charge is 0.408 e. The molecule has 3 aromatic rings. The summed E-state index contributed by atoms with van der Waals surface area (Å²) < 4.78 is 34.7. The Morgan fingerprint density at radius 2 is 1.92 bits per heavy atom. The first-order valence-corrected chi connectivity index (χ1v) is 9.67. The van der Waals surface area contributed by atoms with E-state index in [1.165, 1.54) is 28.3 Å². The SMILES string of the molecule is Cn1c(=O)oc2ccc(S(=O)(=O)Nc3cccc4c3CCCC4)cc21. The van der Waals surface area contributed by atoms with Crippen LogP contribution in [0.2, 0.25) is 0 Å². The summed E-state index contributed by atoms with van der Waals surface area (Å²) >= 11 is 0. The van der Waals surface area contributed by atoms with Crippen molar-refractivity contribution in [3.05, 3.63) is 58.1 Å². The third-order valence-corrected chi connectivity index (χ3v) is 6.08. The van der Waals surface area contributed by atoms with E-state index in [0.29, 0.717) is 16.8 Å². The molecule has 0 aliphatic heterocycles. The minimum Gasteiger partial charge on any atom is -0.408 e. The van der Waals surface area contributed by atoms with Crippen molar-refractivity contribution >= 4 is 26.8 Å². The monoisotopic (exact) mass is 358 g/mol. The van der Waals surface area contributed by atoms with Crippen molar-refractivity contribution in [1.82, 2.24) is 4.57 Å². The third kappa shape index (κ3) is 2.74. The van der Waals surface area contributed by atoms with Gasteiger partial charge < -0.3 is 4.42 Å². The number of aryl methyl sites for hydroxylation is 2. The van der Waals surface area contributed by atoms with Gasteiger partial charge in [0, 0.05) is 7.05 Å². The number of sulfonamides is 1. The van der Waals surface area contributed by atoms with Crippen LogP contribution in [0.3, 0.4) is 0 Å². The first kappa shape index (κ1) is 16.0. The van der Waals surface area contributed by atoms with Gasteiger partial charge in [0.15, 0.2) is 5.58 Å². The van der Waals surface area contributed by atoms with Gasteiger partial charge in [-0.2, -0.15) is 0 Å². The average Bonchev–Trinajstić information content (AvgIpc) is 2.89. The highest BCUT2D eigenvalue weighted by molar-refractivity contribution is 7.92. The molecule has 1 heterocycles. The zero-order valence-corrected chi connectivity index (χ0v) is 14.6. The molecule has 0 radical (unpaired) electrons. The van der Waals surface area contributed by atoms with Crippen molar-refractivity contribution in [2.75, 3.05) is 4.72 Å². The van der Waals surface area contributed by atoms with Crippen molar-refractivity contribution in [2.45, 2.75) is 30.6 Å². The molecule has 4 rings (SSSR count). The number of nitrogens with one attached hydrogen (secondary N) is 1. The molecule has 1 aliphatic rings. The summed E-state index contributed by atoms with van der Waals surface area (Å²) in [6.07, 6.45) is 4.06. The van der Waals surface area contributed by atoms with Crippen LogP contribution in [-0.4, -0.2) is 13.0 Å². The van der Waals surface area contributed by atoms with E-state index in [1.54, 1.807) is 13.1 Å². The molecule has 0 atom stereocenters. The van der Waals surface area contributed by atoms with Crippen LogP contribution >= 0.6 is 0 Å². The fraction of sp³-hybridized carbons (Fsp3) is 0.278. The number of fused-ring (bicyclic) bond motifs is 2. The van der Waals surface area contributed by atoms with Crippen molar-refractivity contribution in [2.24, 2.45) is 7.05 Å². The molecule has 0 bridgehead atoms. The Labute approximate surface area is 145 Å². The molecule has 1 aliphatic carbocycles. The predicted octanol–water partition coefficient (Wildman–Crippen LogP) is 2.81. The lowest BCUT2D eigenvalue weighted by atomic mass is 9.91. The fourth-order valence-corrected chi connectivity index (χ4v) is 4.47. The zero-order chi connectivity index (χ0) is 17.6. The van der Waals surface area contributed by atoms with E-state index in [2.05, 4.69) is 10.8 Å². The molecule has 7 heteroatoms. The fourth-order valence-electron chi connectivity index (χ4n) is 3.35. The van der Waals surface area contributed by atoms with Crippen LogP contribution in [0.15, 0.2) is 50.5 Å². The molecule has 25 heavy (non-hydrogen) atoms. The lowest BCUT2D eigenvalue weighted by molar-refractivity contribution is 0.528. The highest BCUT2D eigenvalue weighted by Gasteiger charge is 2.20. The molecule has 0 amide bonds. The molecular weight excluding hydrogens is 340 g/mol. The van der Waals surface area contributed by atoms with E-state index in [4.69, 9.17) is 4.42 Å². The van der Waals surface area contributed by atoms with E-state index in [9.17, 15) is 13.2 Å². The predicted molar refractivity (Wildman–Crippen MR) is 95.3 cm³/mol. The molecule has 2 aromatic carbocycles. The number of nitrogens with zero attached hydrogens (tertiary/aromatic N) is 1. The maximum Gasteiger partial charge on any atom is 0.419 e. The van der Waals surface area contributed by atoms with Crippen molar-refractivity contribution in [3.8, 4) is 0 Å². The minimum atomic E-state index is -3.75. The quantitative estimate of drug-likeness (QED) is 0.781. The Bertz CT molecular complexity index is 1130. The van der Waals surface area contributed by atoms with Crippen LogP contribution < -0.4 is 10.5 Å². The third-order valence-electron chi connectivity index (χ3n) is 4.71. The summed E-state index contributed by atoms with van der Waals surface area (Å²) in [7, 11) is -2.21. The largest absolute Gasteiger partial charge is 0.419 e. The summed E-state index contributed by atoms with van der Waals surface area (Å²) in [4.78, 5) is 11.7. The summed E-state index contributed by atoms with van der Waals surface area (Å²) in [6, 6.07) is 10.1. The van der Waals surface area contributed by atoms with Crippen LogP contribution in [0, 0.1) is 0 Å². The Morgan fingerprint density at radius 1 is 1.12 bits per heavy atom. The second kappa shape index (κ2) is 5.77. The lowest BCUT2D eigenvalue weighted by Crippen LogP contribution is -2.16. The molecule has 6 nitrogen and oxygen atoms in total. The first-order valence-electron chi connectivity index (χ1n) is 8.19. The molecule has 0 unspecified atom stereocenters. The minimum absolute atomic E-state index is 0.102. The summed E-state index contributed by atoms with van der Waals surface area (Å²) in [5, 5.41) is 0. The highest BCUT2D eigenvalue weighted by atomic mass is 32.2. The Hall–Kier alpha value is -2.54. The number of benzene rings is 2. The molecule has 0 spiro atoms. The zero-order valence-electron chi connectivity index (χ0n) is 13.8. The number of rotatable bonds is 3. The van der Waals surface area contributed by atoms with E-state index in [0.717, 1.165) is 31.2 Å². The topological polar surface area (TPSA) is 81.3 Å². The summed E-state index contributed by atoms with van der Waals surface area (Å²) in [5.74, 6) is -0.519. The normalized spacial score (nSPS) is 14.4. The lowest BCUT2D eigenvalue weighted by Gasteiger charge is -2.20. The van der Waals surface area contributed by atoms with Gasteiger partial charge >= 0.3 is 5.76 Å². The van der Waals surface area contributed by atoms with Crippen LogP contribution in [0.1, 0.15) is 24.0 Å². The van der Waals surface area contributed by atoms with E-state index < -0.39 is 15.8 Å². The van der Waals surface area contributed by atoms with Gasteiger partial charge in [-0.3, -0.25) is 9.29 Å². The number of oxazole rings is 1. The molecule has 0 saturated carbocycles. The Balaban J connectivity index is 1.76. The first-order chi connectivity index (χ1) is 12.0. The molecule has 1 N–H and O–H groups in total. The van der Waals surface area contributed by atoms with Gasteiger partial charge in [0.2, 0.25) is 0 Å². The summed E-state index contributed by atoms with van der Waals surface area (Å²) in [5.41, 5.74) is 3.73. The van der Waals surface area contributed by atoms with Gasteiger partial charge in [0.1, 0.15) is 0 Å². The molecule has 130 valence electrons. The number of aromatic nitrogens is 1. The average molecular weight is 358 g/mol. The number of hydrogen-bond donors (Lipinski definition) is 1. The van der Waals surface area contributed by atoms with Gasteiger partial charge in [-0.25, -0.2) is 13.2 Å². The highest BCUT2D eigenvalue weighted by Crippen LogP contribution is 2.29. The number of anilines is 1.